The van der Waals surface area contributed by atoms with E-state index in [2.05, 4.69) is 10.3 Å². The summed E-state index contributed by atoms with van der Waals surface area (Å²) < 4.78 is 10.9. The number of amides is 1. The van der Waals surface area contributed by atoms with Gasteiger partial charge in [-0.3, -0.25) is 9.69 Å². The Labute approximate surface area is 199 Å². The number of piperazine rings is 1. The van der Waals surface area contributed by atoms with Crippen LogP contribution in [-0.2, 0) is 17.8 Å². The minimum atomic E-state index is 0.219. The molecule has 1 aromatic heterocycles. The van der Waals surface area contributed by atoms with Crippen molar-refractivity contribution in [3.05, 3.63) is 65.2 Å². The van der Waals surface area contributed by atoms with Crippen LogP contribution in [0.4, 0.5) is 0 Å². The number of ether oxygens (including phenoxy) is 2. The molecule has 0 spiro atoms. The van der Waals surface area contributed by atoms with E-state index in [-0.39, 0.29) is 5.91 Å². The summed E-state index contributed by atoms with van der Waals surface area (Å²) in [5.74, 6) is 1.95. The zero-order chi connectivity index (χ0) is 23.0. The van der Waals surface area contributed by atoms with Gasteiger partial charge in [0.05, 0.1) is 19.4 Å². The maximum absolute atomic E-state index is 12.8. The van der Waals surface area contributed by atoms with Crippen LogP contribution in [0.2, 0.25) is 0 Å². The second-order valence-electron chi connectivity index (χ2n) is 8.07. The number of rotatable bonds is 9. The lowest BCUT2D eigenvalue weighted by Gasteiger charge is -2.34. The smallest absolute Gasteiger partial charge is 0.222 e. The zero-order valence-electron chi connectivity index (χ0n) is 19.3. The van der Waals surface area contributed by atoms with Gasteiger partial charge < -0.3 is 14.4 Å². The third-order valence-electron chi connectivity index (χ3n) is 5.88. The number of benzene rings is 2. The Kier molecular flexibility index (Phi) is 7.96. The quantitative estimate of drug-likeness (QED) is 0.466. The minimum absolute atomic E-state index is 0.219. The molecule has 4 rings (SSSR count). The van der Waals surface area contributed by atoms with Crippen molar-refractivity contribution in [2.45, 2.75) is 26.3 Å². The lowest BCUT2D eigenvalue weighted by Crippen LogP contribution is -2.48. The van der Waals surface area contributed by atoms with Crippen LogP contribution in [0.3, 0.4) is 0 Å². The highest BCUT2D eigenvalue weighted by Crippen LogP contribution is 2.26. The number of methoxy groups -OCH3 is 1. The fraction of sp³-hybridized carbons (Fsp3) is 0.385. The van der Waals surface area contributed by atoms with E-state index in [1.807, 2.05) is 60.4 Å². The van der Waals surface area contributed by atoms with Gasteiger partial charge in [0.25, 0.3) is 0 Å². The number of nitrogens with zero attached hydrogens (tertiary/aromatic N) is 3. The Balaban J connectivity index is 1.24. The summed E-state index contributed by atoms with van der Waals surface area (Å²) in [7, 11) is 1.67. The molecule has 0 N–H and O–H groups in total. The molecule has 2 aromatic carbocycles. The molecule has 1 fully saturated rings. The summed E-state index contributed by atoms with van der Waals surface area (Å²) in [5.41, 5.74) is 3.29. The molecule has 0 bridgehead atoms. The molecule has 0 unspecified atom stereocenters. The second-order valence-corrected chi connectivity index (χ2v) is 8.93. The summed E-state index contributed by atoms with van der Waals surface area (Å²) in [5, 5.41) is 3.15. The molecule has 174 valence electrons. The Hall–Kier alpha value is -2.90. The number of aryl methyl sites for hydroxylation is 1. The number of para-hydroxylation sites is 1. The lowest BCUT2D eigenvalue weighted by atomic mass is 10.1. The van der Waals surface area contributed by atoms with Gasteiger partial charge in [-0.2, -0.15) is 0 Å². The van der Waals surface area contributed by atoms with Crippen molar-refractivity contribution < 1.29 is 14.3 Å². The average molecular weight is 466 g/mol. The van der Waals surface area contributed by atoms with Crippen molar-refractivity contribution in [2.75, 3.05) is 39.9 Å². The molecule has 33 heavy (non-hydrogen) atoms. The highest BCUT2D eigenvalue weighted by molar-refractivity contribution is 7.13. The SMILES string of the molecule is CCOc1ccccc1CCC(=O)N1CCN(Cc2csc(-c3ccc(OC)cc3)n2)CC1. The normalized spacial score (nSPS) is 14.3. The summed E-state index contributed by atoms with van der Waals surface area (Å²) >= 11 is 1.67. The van der Waals surface area contributed by atoms with Gasteiger partial charge >= 0.3 is 0 Å². The van der Waals surface area contributed by atoms with Crippen LogP contribution in [0.1, 0.15) is 24.6 Å². The van der Waals surface area contributed by atoms with Gasteiger partial charge in [-0.05, 0) is 49.2 Å². The molecule has 1 amide bonds. The van der Waals surface area contributed by atoms with Crippen LogP contribution in [0.5, 0.6) is 11.5 Å². The van der Waals surface area contributed by atoms with E-state index in [4.69, 9.17) is 14.5 Å². The fourth-order valence-electron chi connectivity index (χ4n) is 4.04. The molecule has 0 radical (unpaired) electrons. The van der Waals surface area contributed by atoms with Gasteiger partial charge in [-0.1, -0.05) is 18.2 Å². The topological polar surface area (TPSA) is 54.9 Å². The monoisotopic (exact) mass is 465 g/mol. The molecule has 3 aromatic rings. The number of aromatic nitrogens is 1. The first kappa shape index (κ1) is 23.3. The first-order valence-electron chi connectivity index (χ1n) is 11.5. The molecule has 7 heteroatoms. The molecular weight excluding hydrogens is 434 g/mol. The van der Waals surface area contributed by atoms with Gasteiger partial charge in [0.15, 0.2) is 0 Å². The lowest BCUT2D eigenvalue weighted by molar-refractivity contribution is -0.133. The summed E-state index contributed by atoms with van der Waals surface area (Å²) in [6.45, 7) is 6.70. The standard InChI is InChI=1S/C26H31N3O3S/c1-3-32-24-7-5-4-6-20(24)10-13-25(30)29-16-14-28(15-17-29)18-22-19-33-26(27-22)21-8-11-23(31-2)12-9-21/h4-9,11-12,19H,3,10,13-18H2,1-2H3. The van der Waals surface area contributed by atoms with E-state index in [0.29, 0.717) is 19.4 Å². The number of hydrogen-bond acceptors (Lipinski definition) is 6. The van der Waals surface area contributed by atoms with Gasteiger partial charge in [0, 0.05) is 50.1 Å². The van der Waals surface area contributed by atoms with E-state index in [0.717, 1.165) is 66.1 Å². The molecule has 2 heterocycles. The second kappa shape index (κ2) is 11.3. The zero-order valence-corrected chi connectivity index (χ0v) is 20.1. The molecule has 0 aliphatic carbocycles. The Morgan fingerprint density at radius 1 is 1.06 bits per heavy atom. The molecule has 1 aliphatic heterocycles. The highest BCUT2D eigenvalue weighted by atomic mass is 32.1. The third kappa shape index (κ3) is 6.12. The van der Waals surface area contributed by atoms with Gasteiger partial charge in [0.2, 0.25) is 5.91 Å². The molecule has 1 aliphatic rings. The first-order valence-corrected chi connectivity index (χ1v) is 12.3. The summed E-state index contributed by atoms with van der Waals surface area (Å²) in [6.07, 6.45) is 1.23. The molecular formula is C26H31N3O3S. The van der Waals surface area contributed by atoms with Crippen LogP contribution < -0.4 is 9.47 Å². The van der Waals surface area contributed by atoms with Crippen molar-refractivity contribution >= 4 is 17.2 Å². The number of thiazole rings is 1. The molecule has 0 saturated carbocycles. The van der Waals surface area contributed by atoms with E-state index in [1.54, 1.807) is 18.4 Å². The van der Waals surface area contributed by atoms with Crippen molar-refractivity contribution in [3.63, 3.8) is 0 Å². The number of hydrogen-bond donors (Lipinski definition) is 0. The van der Waals surface area contributed by atoms with Crippen molar-refractivity contribution in [2.24, 2.45) is 0 Å². The predicted octanol–water partition coefficient (Wildman–Crippen LogP) is 4.49. The van der Waals surface area contributed by atoms with Crippen LogP contribution >= 0.6 is 11.3 Å². The molecule has 6 nitrogen and oxygen atoms in total. The minimum Gasteiger partial charge on any atom is -0.497 e. The Bertz CT molecular complexity index is 1040. The van der Waals surface area contributed by atoms with E-state index in [9.17, 15) is 4.79 Å². The average Bonchev–Trinajstić information content (AvgIpc) is 3.32. The van der Waals surface area contributed by atoms with Gasteiger partial charge in [0.1, 0.15) is 16.5 Å². The Morgan fingerprint density at radius 3 is 2.55 bits per heavy atom. The number of carbonyl (C=O) groups excluding carboxylic acids is 1. The van der Waals surface area contributed by atoms with Crippen molar-refractivity contribution in [3.8, 4) is 22.1 Å². The predicted molar refractivity (Wildman–Crippen MR) is 132 cm³/mol. The van der Waals surface area contributed by atoms with Crippen molar-refractivity contribution in [1.29, 1.82) is 0 Å². The van der Waals surface area contributed by atoms with Crippen LogP contribution in [0.15, 0.2) is 53.9 Å². The van der Waals surface area contributed by atoms with Gasteiger partial charge in [-0.25, -0.2) is 4.98 Å². The largest absolute Gasteiger partial charge is 0.497 e. The van der Waals surface area contributed by atoms with Gasteiger partial charge in [-0.15, -0.1) is 11.3 Å². The van der Waals surface area contributed by atoms with Crippen LogP contribution in [-0.4, -0.2) is 60.6 Å². The summed E-state index contributed by atoms with van der Waals surface area (Å²) in [6, 6.07) is 16.0. The first-order chi connectivity index (χ1) is 16.2. The Morgan fingerprint density at radius 2 is 1.82 bits per heavy atom. The van der Waals surface area contributed by atoms with E-state index in [1.165, 1.54) is 0 Å². The van der Waals surface area contributed by atoms with E-state index >= 15 is 0 Å². The third-order valence-corrected chi connectivity index (χ3v) is 6.82. The molecule has 1 saturated heterocycles. The maximum atomic E-state index is 12.8. The number of carbonyl (C=O) groups is 1. The van der Waals surface area contributed by atoms with Crippen LogP contribution in [0.25, 0.3) is 10.6 Å². The highest BCUT2D eigenvalue weighted by Gasteiger charge is 2.22. The summed E-state index contributed by atoms with van der Waals surface area (Å²) in [4.78, 5) is 21.9. The van der Waals surface area contributed by atoms with E-state index < -0.39 is 0 Å². The van der Waals surface area contributed by atoms with Crippen molar-refractivity contribution in [1.82, 2.24) is 14.8 Å². The fourth-order valence-corrected chi connectivity index (χ4v) is 4.85. The maximum Gasteiger partial charge on any atom is 0.222 e. The van der Waals surface area contributed by atoms with Crippen LogP contribution in [0, 0.1) is 0 Å². The molecule has 0 atom stereocenters.